The highest BCUT2D eigenvalue weighted by atomic mass is 16.2. The molecule has 0 unspecified atom stereocenters. The zero-order valence-electron chi connectivity index (χ0n) is 13.0. The number of aromatic nitrogens is 3. The monoisotopic (exact) mass is 313 g/mol. The van der Waals surface area contributed by atoms with E-state index in [-0.39, 0.29) is 17.5 Å². The number of nitrogens with one attached hydrogen (secondary N) is 1. The van der Waals surface area contributed by atoms with E-state index in [2.05, 4.69) is 20.2 Å². The highest BCUT2D eigenvalue weighted by Gasteiger charge is 2.23. The number of anilines is 1. The molecule has 0 bridgehead atoms. The summed E-state index contributed by atoms with van der Waals surface area (Å²) in [4.78, 5) is 34.3. The van der Waals surface area contributed by atoms with Crippen LogP contribution in [0.3, 0.4) is 0 Å². The van der Waals surface area contributed by atoms with Gasteiger partial charge >= 0.3 is 0 Å². The Balaban J connectivity index is 1.66. The van der Waals surface area contributed by atoms with Crippen molar-refractivity contribution in [3.8, 4) is 0 Å². The summed E-state index contributed by atoms with van der Waals surface area (Å²) in [7, 11) is 1.63. The summed E-state index contributed by atoms with van der Waals surface area (Å²) >= 11 is 0. The first kappa shape index (κ1) is 15.2. The number of pyridine rings is 1. The van der Waals surface area contributed by atoms with Crippen molar-refractivity contribution in [2.75, 3.05) is 18.0 Å². The van der Waals surface area contributed by atoms with Crippen LogP contribution in [0, 0.1) is 0 Å². The van der Waals surface area contributed by atoms with Gasteiger partial charge in [-0.05, 0) is 25.0 Å². The van der Waals surface area contributed by atoms with Gasteiger partial charge in [0.05, 0.1) is 5.56 Å². The molecule has 0 saturated carbocycles. The third-order valence-electron chi connectivity index (χ3n) is 3.94. The van der Waals surface area contributed by atoms with E-state index in [1.165, 1.54) is 10.6 Å². The van der Waals surface area contributed by atoms with Crippen LogP contribution in [-0.4, -0.2) is 39.6 Å². The topological polar surface area (TPSA) is 80.1 Å². The summed E-state index contributed by atoms with van der Waals surface area (Å²) in [6.07, 6.45) is 6.87. The van der Waals surface area contributed by atoms with Crippen LogP contribution in [0.1, 0.15) is 23.2 Å². The fraction of sp³-hybridized carbons (Fsp3) is 0.375. The summed E-state index contributed by atoms with van der Waals surface area (Å²) in [5.41, 5.74) is 0.354. The summed E-state index contributed by atoms with van der Waals surface area (Å²) in [6.45, 7) is 1.57. The van der Waals surface area contributed by atoms with E-state index < -0.39 is 0 Å². The van der Waals surface area contributed by atoms with Gasteiger partial charge in [0.1, 0.15) is 0 Å². The fourth-order valence-electron chi connectivity index (χ4n) is 2.73. The number of hydrogen-bond acceptors (Lipinski definition) is 5. The minimum atomic E-state index is -0.165. The second kappa shape index (κ2) is 6.60. The predicted molar refractivity (Wildman–Crippen MR) is 86.4 cm³/mol. The average molecular weight is 313 g/mol. The molecule has 1 saturated heterocycles. The first-order chi connectivity index (χ1) is 11.1. The van der Waals surface area contributed by atoms with Crippen LogP contribution in [0.5, 0.6) is 0 Å². The van der Waals surface area contributed by atoms with Gasteiger partial charge in [-0.15, -0.1) is 0 Å². The third kappa shape index (κ3) is 3.56. The maximum Gasteiger partial charge on any atom is 0.253 e. The Labute approximate surface area is 134 Å². The van der Waals surface area contributed by atoms with E-state index in [4.69, 9.17) is 0 Å². The predicted octanol–water partition coefficient (Wildman–Crippen LogP) is 0.574. The van der Waals surface area contributed by atoms with E-state index in [1.807, 2.05) is 0 Å². The summed E-state index contributed by atoms with van der Waals surface area (Å²) in [5.74, 6) is 0.523. The lowest BCUT2D eigenvalue weighted by molar-refractivity contribution is 0.0932. The second-order valence-electron chi connectivity index (χ2n) is 5.67. The molecule has 23 heavy (non-hydrogen) atoms. The minimum Gasteiger partial charge on any atom is -0.347 e. The molecule has 7 heteroatoms. The number of carbonyl (C=O) groups excluding carboxylic acids is 1. The van der Waals surface area contributed by atoms with Crippen LogP contribution >= 0.6 is 0 Å². The van der Waals surface area contributed by atoms with Crippen molar-refractivity contribution in [1.82, 2.24) is 19.9 Å². The highest BCUT2D eigenvalue weighted by Crippen LogP contribution is 2.15. The van der Waals surface area contributed by atoms with E-state index in [0.29, 0.717) is 18.1 Å². The van der Waals surface area contributed by atoms with Gasteiger partial charge in [0.25, 0.3) is 5.91 Å². The van der Waals surface area contributed by atoms with Gasteiger partial charge in [-0.1, -0.05) is 0 Å². The molecule has 1 atom stereocenters. The fourth-order valence-corrected chi connectivity index (χ4v) is 2.73. The van der Waals surface area contributed by atoms with Gasteiger partial charge in [-0.3, -0.25) is 9.59 Å². The van der Waals surface area contributed by atoms with Crippen LogP contribution in [0.15, 0.2) is 41.6 Å². The molecule has 1 aliphatic rings. The molecule has 0 aromatic carbocycles. The highest BCUT2D eigenvalue weighted by molar-refractivity contribution is 5.94. The number of nitrogens with zero attached hydrogens (tertiary/aromatic N) is 4. The lowest BCUT2D eigenvalue weighted by atomic mass is 10.1. The van der Waals surface area contributed by atoms with Crippen molar-refractivity contribution in [3.05, 3.63) is 52.7 Å². The lowest BCUT2D eigenvalue weighted by Crippen LogP contribution is -2.48. The normalized spacial score (nSPS) is 17.8. The number of amides is 1. The van der Waals surface area contributed by atoms with Gasteiger partial charge in [-0.2, -0.15) is 0 Å². The maximum atomic E-state index is 12.3. The Kier molecular flexibility index (Phi) is 4.36. The van der Waals surface area contributed by atoms with Crippen LogP contribution in [0.2, 0.25) is 0 Å². The van der Waals surface area contributed by atoms with Gasteiger partial charge in [0.2, 0.25) is 11.5 Å². The Morgan fingerprint density at radius 3 is 2.83 bits per heavy atom. The molecule has 1 N–H and O–H groups in total. The van der Waals surface area contributed by atoms with Gasteiger partial charge < -0.3 is 14.8 Å². The van der Waals surface area contributed by atoms with Gasteiger partial charge in [-0.25, -0.2) is 9.97 Å². The number of rotatable bonds is 3. The standard InChI is InChI=1S/C16H19N5O2/c1-20-10-12(5-6-14(20)22)15(23)19-13-4-2-9-21(11-13)16-17-7-3-8-18-16/h3,5-8,10,13H,2,4,9,11H2,1H3,(H,19,23)/t13-/m0/s1. The molecule has 2 aromatic heterocycles. The summed E-state index contributed by atoms with van der Waals surface area (Å²) < 4.78 is 1.40. The quantitative estimate of drug-likeness (QED) is 0.896. The van der Waals surface area contributed by atoms with E-state index in [0.717, 1.165) is 19.4 Å². The number of hydrogen-bond donors (Lipinski definition) is 1. The van der Waals surface area contributed by atoms with E-state index in [1.54, 1.807) is 37.8 Å². The van der Waals surface area contributed by atoms with Crippen molar-refractivity contribution in [3.63, 3.8) is 0 Å². The second-order valence-corrected chi connectivity index (χ2v) is 5.67. The van der Waals surface area contributed by atoms with Crippen molar-refractivity contribution in [2.45, 2.75) is 18.9 Å². The molecule has 3 rings (SSSR count). The lowest BCUT2D eigenvalue weighted by Gasteiger charge is -2.33. The number of aryl methyl sites for hydroxylation is 1. The molecule has 120 valence electrons. The summed E-state index contributed by atoms with van der Waals surface area (Å²) in [6, 6.07) is 4.78. The number of carbonyl (C=O) groups is 1. The summed E-state index contributed by atoms with van der Waals surface area (Å²) in [5, 5.41) is 3.03. The molecule has 3 heterocycles. The molecule has 1 aliphatic heterocycles. The molecule has 1 fully saturated rings. The largest absolute Gasteiger partial charge is 0.347 e. The third-order valence-corrected chi connectivity index (χ3v) is 3.94. The first-order valence-electron chi connectivity index (χ1n) is 7.63. The molecular weight excluding hydrogens is 294 g/mol. The van der Waals surface area contributed by atoms with Crippen LogP contribution in [0.4, 0.5) is 5.95 Å². The zero-order chi connectivity index (χ0) is 16.2. The minimum absolute atomic E-state index is 0.0392. The molecule has 0 aliphatic carbocycles. The first-order valence-corrected chi connectivity index (χ1v) is 7.63. The Bertz CT molecular complexity index is 744. The van der Waals surface area contributed by atoms with Crippen LogP contribution in [-0.2, 0) is 7.05 Å². The average Bonchev–Trinajstić information content (AvgIpc) is 2.58. The van der Waals surface area contributed by atoms with Gasteiger partial charge in [0.15, 0.2) is 0 Å². The molecular formula is C16H19N5O2. The zero-order valence-corrected chi connectivity index (χ0v) is 13.0. The van der Waals surface area contributed by atoms with Crippen molar-refractivity contribution in [1.29, 1.82) is 0 Å². The molecule has 7 nitrogen and oxygen atoms in total. The number of piperidine rings is 1. The van der Waals surface area contributed by atoms with E-state index >= 15 is 0 Å². The van der Waals surface area contributed by atoms with Crippen molar-refractivity contribution in [2.24, 2.45) is 7.05 Å². The van der Waals surface area contributed by atoms with Crippen LogP contribution in [0.25, 0.3) is 0 Å². The Hall–Kier alpha value is -2.70. The maximum absolute atomic E-state index is 12.3. The SMILES string of the molecule is Cn1cc(C(=O)N[C@H]2CCCN(c3ncccn3)C2)ccc1=O. The molecule has 0 spiro atoms. The molecule has 2 aromatic rings. The van der Waals surface area contributed by atoms with Crippen LogP contribution < -0.4 is 15.8 Å². The smallest absolute Gasteiger partial charge is 0.253 e. The van der Waals surface area contributed by atoms with E-state index in [9.17, 15) is 9.59 Å². The Morgan fingerprint density at radius 1 is 1.30 bits per heavy atom. The molecule has 0 radical (unpaired) electrons. The Morgan fingerprint density at radius 2 is 2.09 bits per heavy atom. The van der Waals surface area contributed by atoms with Crippen molar-refractivity contribution < 1.29 is 4.79 Å². The molecule has 1 amide bonds. The van der Waals surface area contributed by atoms with Crippen molar-refractivity contribution >= 4 is 11.9 Å². The van der Waals surface area contributed by atoms with Gasteiger partial charge in [0, 0.05) is 50.8 Å².